The van der Waals surface area contributed by atoms with Crippen molar-refractivity contribution in [3.8, 4) is 11.5 Å². The molecule has 6 heteroatoms. The summed E-state index contributed by atoms with van der Waals surface area (Å²) in [6, 6.07) is 11.5. The van der Waals surface area contributed by atoms with E-state index >= 15 is 0 Å². The molecule has 3 heterocycles. The van der Waals surface area contributed by atoms with Crippen molar-refractivity contribution in [3.63, 3.8) is 0 Å². The van der Waals surface area contributed by atoms with Crippen LogP contribution in [-0.2, 0) is 13.2 Å². The van der Waals surface area contributed by atoms with Crippen LogP contribution in [0.25, 0.3) is 22.4 Å². The second-order valence-electron chi connectivity index (χ2n) is 4.92. The zero-order chi connectivity index (χ0) is 14.9. The zero-order valence-corrected chi connectivity index (χ0v) is 11.6. The predicted molar refractivity (Wildman–Crippen MR) is 79.0 cm³/mol. The third kappa shape index (κ3) is 2.10. The molecule has 0 aliphatic heterocycles. The number of hydrogen-bond acceptors (Lipinski definition) is 5. The average Bonchev–Trinajstić information content (AvgIpc) is 3.27. The van der Waals surface area contributed by atoms with Crippen molar-refractivity contribution in [3.05, 3.63) is 60.5 Å². The average molecular weight is 295 g/mol. The molecule has 0 saturated carbocycles. The van der Waals surface area contributed by atoms with Gasteiger partial charge in [0.2, 0.25) is 0 Å². The molecule has 110 valence electrons. The molecule has 0 aliphatic rings. The number of nitrogens with zero attached hydrogens (tertiary/aromatic N) is 3. The van der Waals surface area contributed by atoms with Crippen LogP contribution in [0, 0.1) is 0 Å². The van der Waals surface area contributed by atoms with E-state index in [1.165, 1.54) is 6.39 Å². The first kappa shape index (κ1) is 12.8. The lowest BCUT2D eigenvalue weighted by Gasteiger charge is -1.99. The minimum Gasteiger partial charge on any atom is -0.457 e. The van der Waals surface area contributed by atoms with Gasteiger partial charge in [0, 0.05) is 5.39 Å². The summed E-state index contributed by atoms with van der Waals surface area (Å²) in [5.74, 6) is 1.88. The standard InChI is InChI=1S/C16H13N3O3/c20-9-11-5-6-15(22-11)16-13-3-1-2-4-14(13)19(18-16)8-12-7-17-10-21-12/h1-7,10,20H,8-9H2. The molecule has 4 aromatic rings. The van der Waals surface area contributed by atoms with Gasteiger partial charge in [0.05, 0.1) is 11.7 Å². The van der Waals surface area contributed by atoms with Crippen LogP contribution < -0.4 is 0 Å². The number of aliphatic hydroxyl groups is 1. The second kappa shape index (κ2) is 5.16. The van der Waals surface area contributed by atoms with Crippen LogP contribution in [0.3, 0.4) is 0 Å². The van der Waals surface area contributed by atoms with Crippen LogP contribution in [0.1, 0.15) is 11.5 Å². The molecule has 0 radical (unpaired) electrons. The molecular formula is C16H13N3O3. The van der Waals surface area contributed by atoms with E-state index in [4.69, 9.17) is 13.9 Å². The van der Waals surface area contributed by atoms with Crippen molar-refractivity contribution < 1.29 is 13.9 Å². The third-order valence-corrected chi connectivity index (χ3v) is 3.50. The first-order valence-corrected chi connectivity index (χ1v) is 6.88. The highest BCUT2D eigenvalue weighted by Crippen LogP contribution is 2.29. The Bertz CT molecular complexity index is 906. The maximum Gasteiger partial charge on any atom is 0.180 e. The van der Waals surface area contributed by atoms with Crippen LogP contribution >= 0.6 is 0 Å². The van der Waals surface area contributed by atoms with Crippen LogP contribution in [0.5, 0.6) is 0 Å². The smallest absolute Gasteiger partial charge is 0.180 e. The van der Waals surface area contributed by atoms with Gasteiger partial charge in [-0.15, -0.1) is 0 Å². The number of fused-ring (bicyclic) bond motifs is 1. The number of hydrogen-bond donors (Lipinski definition) is 1. The Labute approximate surface area is 125 Å². The minimum absolute atomic E-state index is 0.128. The molecule has 22 heavy (non-hydrogen) atoms. The molecular weight excluding hydrogens is 282 g/mol. The highest BCUT2D eigenvalue weighted by Gasteiger charge is 2.15. The quantitative estimate of drug-likeness (QED) is 0.626. The van der Waals surface area contributed by atoms with Gasteiger partial charge in [-0.1, -0.05) is 18.2 Å². The molecule has 0 amide bonds. The number of aromatic nitrogens is 3. The molecule has 3 aromatic heterocycles. The van der Waals surface area contributed by atoms with Crippen LogP contribution in [0.4, 0.5) is 0 Å². The molecule has 0 saturated heterocycles. The van der Waals surface area contributed by atoms with Gasteiger partial charge < -0.3 is 13.9 Å². The number of para-hydroxylation sites is 1. The molecule has 0 unspecified atom stereocenters. The third-order valence-electron chi connectivity index (χ3n) is 3.50. The maximum absolute atomic E-state index is 9.15. The largest absolute Gasteiger partial charge is 0.457 e. The lowest BCUT2D eigenvalue weighted by molar-refractivity contribution is 0.248. The molecule has 0 bridgehead atoms. The molecule has 0 spiro atoms. The lowest BCUT2D eigenvalue weighted by Crippen LogP contribution is -2.00. The molecule has 0 atom stereocenters. The van der Waals surface area contributed by atoms with Crippen LogP contribution in [-0.4, -0.2) is 19.9 Å². The number of oxazole rings is 1. The summed E-state index contributed by atoms with van der Waals surface area (Å²) in [6.07, 6.45) is 3.08. The van der Waals surface area contributed by atoms with Gasteiger partial charge in [-0.2, -0.15) is 5.10 Å². The Morgan fingerprint density at radius 3 is 2.77 bits per heavy atom. The molecule has 0 fully saturated rings. The summed E-state index contributed by atoms with van der Waals surface area (Å²) in [6.45, 7) is 0.366. The van der Waals surface area contributed by atoms with Gasteiger partial charge in [-0.25, -0.2) is 4.98 Å². The van der Waals surface area contributed by atoms with Crippen molar-refractivity contribution >= 4 is 10.9 Å². The van der Waals surface area contributed by atoms with E-state index < -0.39 is 0 Å². The highest BCUT2D eigenvalue weighted by atomic mass is 16.4. The maximum atomic E-state index is 9.15. The summed E-state index contributed by atoms with van der Waals surface area (Å²) in [5, 5.41) is 14.8. The van der Waals surface area contributed by atoms with Crippen molar-refractivity contribution in [2.24, 2.45) is 0 Å². The van der Waals surface area contributed by atoms with E-state index in [9.17, 15) is 0 Å². The Balaban J connectivity index is 1.85. The fourth-order valence-corrected chi connectivity index (χ4v) is 2.49. The van der Waals surface area contributed by atoms with Gasteiger partial charge in [0.15, 0.2) is 12.2 Å². The summed E-state index contributed by atoms with van der Waals surface area (Å²) in [4.78, 5) is 3.92. The number of rotatable bonds is 4. The van der Waals surface area contributed by atoms with E-state index in [2.05, 4.69) is 10.1 Å². The van der Waals surface area contributed by atoms with E-state index in [-0.39, 0.29) is 6.61 Å². The van der Waals surface area contributed by atoms with E-state index in [1.54, 1.807) is 12.3 Å². The molecule has 6 nitrogen and oxygen atoms in total. The van der Waals surface area contributed by atoms with Gasteiger partial charge in [-0.3, -0.25) is 4.68 Å². The monoisotopic (exact) mass is 295 g/mol. The van der Waals surface area contributed by atoms with E-state index in [0.29, 0.717) is 18.1 Å². The van der Waals surface area contributed by atoms with Crippen molar-refractivity contribution in [2.45, 2.75) is 13.2 Å². The number of furan rings is 1. The van der Waals surface area contributed by atoms with E-state index in [0.717, 1.165) is 22.4 Å². The van der Waals surface area contributed by atoms with Gasteiger partial charge >= 0.3 is 0 Å². The molecule has 1 N–H and O–H groups in total. The molecule has 4 rings (SSSR count). The predicted octanol–water partition coefficient (Wildman–Crippen LogP) is 2.82. The highest BCUT2D eigenvalue weighted by molar-refractivity contribution is 5.92. The Kier molecular flexibility index (Phi) is 3.01. The first-order valence-electron chi connectivity index (χ1n) is 6.88. The number of benzene rings is 1. The first-order chi connectivity index (χ1) is 10.8. The fraction of sp³-hybridized carbons (Fsp3) is 0.125. The van der Waals surface area contributed by atoms with Crippen LogP contribution in [0.2, 0.25) is 0 Å². The Hall–Kier alpha value is -2.86. The summed E-state index contributed by atoms with van der Waals surface area (Å²) in [5.41, 5.74) is 1.73. The molecule has 1 aromatic carbocycles. The second-order valence-corrected chi connectivity index (χ2v) is 4.92. The van der Waals surface area contributed by atoms with Gasteiger partial charge in [0.1, 0.15) is 30.4 Å². The molecule has 0 aliphatic carbocycles. The van der Waals surface area contributed by atoms with Crippen LogP contribution in [0.15, 0.2) is 57.8 Å². The van der Waals surface area contributed by atoms with Gasteiger partial charge in [-0.05, 0) is 18.2 Å². The summed E-state index contributed by atoms with van der Waals surface area (Å²) < 4.78 is 12.8. The normalized spacial score (nSPS) is 11.3. The zero-order valence-electron chi connectivity index (χ0n) is 11.6. The number of aliphatic hydroxyl groups excluding tert-OH is 1. The summed E-state index contributed by atoms with van der Waals surface area (Å²) in [7, 11) is 0. The summed E-state index contributed by atoms with van der Waals surface area (Å²) >= 11 is 0. The minimum atomic E-state index is -0.128. The lowest BCUT2D eigenvalue weighted by atomic mass is 10.2. The van der Waals surface area contributed by atoms with Crippen molar-refractivity contribution in [1.82, 2.24) is 14.8 Å². The Morgan fingerprint density at radius 1 is 1.09 bits per heavy atom. The van der Waals surface area contributed by atoms with Crippen molar-refractivity contribution in [1.29, 1.82) is 0 Å². The van der Waals surface area contributed by atoms with Gasteiger partial charge in [0.25, 0.3) is 0 Å². The topological polar surface area (TPSA) is 77.2 Å². The van der Waals surface area contributed by atoms with Crippen molar-refractivity contribution in [2.75, 3.05) is 0 Å². The Morgan fingerprint density at radius 2 is 2.00 bits per heavy atom. The van der Waals surface area contributed by atoms with E-state index in [1.807, 2.05) is 35.0 Å². The fourth-order valence-electron chi connectivity index (χ4n) is 2.49. The SMILES string of the molecule is OCc1ccc(-c2nn(Cc3cnco3)c3ccccc23)o1.